The molecule has 35 heavy (non-hydrogen) atoms. The van der Waals surface area contributed by atoms with E-state index in [1.807, 2.05) is 30.3 Å². The van der Waals surface area contributed by atoms with E-state index in [1.54, 1.807) is 0 Å². The summed E-state index contributed by atoms with van der Waals surface area (Å²) in [7, 11) is 0. The maximum atomic E-state index is 12.9. The third kappa shape index (κ3) is 5.81. The lowest BCUT2D eigenvalue weighted by atomic mass is 9.85. The summed E-state index contributed by atoms with van der Waals surface area (Å²) in [5.74, 6) is 1.29. The Hall–Kier alpha value is -2.57. The van der Waals surface area contributed by atoms with E-state index < -0.39 is 0 Å². The zero-order valence-electron chi connectivity index (χ0n) is 20.0. The number of nitrogens with zero attached hydrogens (tertiary/aromatic N) is 2. The van der Waals surface area contributed by atoms with Gasteiger partial charge in [-0.25, -0.2) is 9.97 Å². The normalized spacial score (nSPS) is 15.4. The Balaban J connectivity index is 1.42. The zero-order valence-corrected chi connectivity index (χ0v) is 21.6. The maximum absolute atomic E-state index is 12.9. The Labute approximate surface area is 215 Å². The van der Waals surface area contributed by atoms with Gasteiger partial charge in [0.1, 0.15) is 0 Å². The number of hydrogen-bond acceptors (Lipinski definition) is 4. The number of aliphatic hydroxyl groups excluding tert-OH is 1. The molecule has 0 spiro atoms. The average molecular weight is 534 g/mol. The van der Waals surface area contributed by atoms with E-state index in [4.69, 9.17) is 9.97 Å². The number of fused-ring (bicyclic) bond motifs is 3. The highest BCUT2D eigenvalue weighted by Crippen LogP contribution is 2.35. The minimum absolute atomic E-state index is 0.0434. The van der Waals surface area contributed by atoms with Crippen LogP contribution < -0.4 is 5.32 Å². The van der Waals surface area contributed by atoms with Gasteiger partial charge in [-0.05, 0) is 60.4 Å². The molecule has 2 aromatic carbocycles. The van der Waals surface area contributed by atoms with Crippen LogP contribution in [0.2, 0.25) is 0 Å². The lowest BCUT2D eigenvalue weighted by molar-refractivity contribution is -0.115. The van der Waals surface area contributed by atoms with E-state index in [2.05, 4.69) is 33.4 Å². The molecule has 0 bridgehead atoms. The molecular weight excluding hydrogens is 502 g/mol. The smallest absolute Gasteiger partial charge is 0.229 e. The Bertz CT molecular complexity index is 1200. The van der Waals surface area contributed by atoms with Crippen molar-refractivity contribution in [2.45, 2.75) is 70.8 Å². The number of rotatable bonds is 7. The molecule has 0 unspecified atom stereocenters. The highest BCUT2D eigenvalue weighted by Gasteiger charge is 2.23. The quantitative estimate of drug-likeness (QED) is 0.379. The average Bonchev–Trinajstić information content (AvgIpc) is 2.89. The number of aromatic nitrogens is 2. The van der Waals surface area contributed by atoms with E-state index >= 15 is 0 Å². The molecule has 182 valence electrons. The summed E-state index contributed by atoms with van der Waals surface area (Å²) in [4.78, 5) is 23.0. The summed E-state index contributed by atoms with van der Waals surface area (Å²) in [6.45, 7) is 0.0434. The standard InChI is InChI=1S/C29H32BrN3O2/c30-23-11-6-20(7-12-23)17-27(35)33-29-26(14-9-19-4-2-1-3-5-19)31-28-24-13-8-21(18-34)16-22(24)10-15-25(28)32-29/h6-8,11-13,16,19,34H,1-5,9-10,14-15,17-18H2,(H,32,33,35). The predicted molar refractivity (Wildman–Crippen MR) is 142 cm³/mol. The van der Waals surface area contributed by atoms with Crippen LogP contribution in [0, 0.1) is 5.92 Å². The molecule has 3 aromatic rings. The number of hydrogen-bond donors (Lipinski definition) is 2. The van der Waals surface area contributed by atoms with Crippen LogP contribution in [0.4, 0.5) is 5.82 Å². The van der Waals surface area contributed by atoms with Gasteiger partial charge in [0, 0.05) is 10.0 Å². The minimum Gasteiger partial charge on any atom is -0.392 e. The van der Waals surface area contributed by atoms with Gasteiger partial charge in [-0.3, -0.25) is 4.79 Å². The van der Waals surface area contributed by atoms with Gasteiger partial charge in [0.05, 0.1) is 30.1 Å². The van der Waals surface area contributed by atoms with Gasteiger partial charge >= 0.3 is 0 Å². The van der Waals surface area contributed by atoms with Gasteiger partial charge in [-0.15, -0.1) is 0 Å². The lowest BCUT2D eigenvalue weighted by Gasteiger charge is -2.23. The molecule has 0 saturated heterocycles. The summed E-state index contributed by atoms with van der Waals surface area (Å²) in [6.07, 6.45) is 10.4. The van der Waals surface area contributed by atoms with Crippen LogP contribution in [0.5, 0.6) is 0 Å². The zero-order chi connectivity index (χ0) is 24.2. The van der Waals surface area contributed by atoms with Gasteiger partial charge < -0.3 is 10.4 Å². The molecule has 1 heterocycles. The molecule has 1 aromatic heterocycles. The third-order valence-electron chi connectivity index (χ3n) is 7.33. The van der Waals surface area contributed by atoms with Crippen molar-refractivity contribution in [1.82, 2.24) is 9.97 Å². The predicted octanol–water partition coefficient (Wildman–Crippen LogP) is 6.19. The minimum atomic E-state index is -0.0655. The van der Waals surface area contributed by atoms with Crippen molar-refractivity contribution < 1.29 is 9.90 Å². The number of carbonyl (C=O) groups excluding carboxylic acids is 1. The van der Waals surface area contributed by atoms with Crippen LogP contribution in [-0.2, 0) is 37.1 Å². The fraction of sp³-hybridized carbons (Fsp3) is 0.414. The molecule has 0 aliphatic heterocycles. The number of nitrogens with one attached hydrogen (secondary N) is 1. The van der Waals surface area contributed by atoms with Gasteiger partial charge in [0.2, 0.25) is 5.91 Å². The molecule has 2 N–H and O–H groups in total. The molecular formula is C29H32BrN3O2. The fourth-order valence-electron chi connectivity index (χ4n) is 5.39. The highest BCUT2D eigenvalue weighted by molar-refractivity contribution is 9.10. The number of amides is 1. The number of aliphatic hydroxyl groups is 1. The van der Waals surface area contributed by atoms with Crippen LogP contribution in [0.1, 0.15) is 66.6 Å². The Kier molecular flexibility index (Phi) is 7.59. The summed E-state index contributed by atoms with van der Waals surface area (Å²) in [6, 6.07) is 13.9. The molecule has 0 atom stereocenters. The Morgan fingerprint density at radius 1 is 1.00 bits per heavy atom. The lowest BCUT2D eigenvalue weighted by Crippen LogP contribution is -2.20. The number of benzene rings is 2. The van der Waals surface area contributed by atoms with Crippen molar-refractivity contribution in [2.75, 3.05) is 5.32 Å². The van der Waals surface area contributed by atoms with Crippen molar-refractivity contribution in [2.24, 2.45) is 5.92 Å². The van der Waals surface area contributed by atoms with E-state index in [0.29, 0.717) is 12.2 Å². The monoisotopic (exact) mass is 533 g/mol. The van der Waals surface area contributed by atoms with Crippen molar-refractivity contribution >= 4 is 27.7 Å². The first-order valence-electron chi connectivity index (χ1n) is 12.8. The molecule has 5 nitrogen and oxygen atoms in total. The largest absolute Gasteiger partial charge is 0.392 e. The van der Waals surface area contributed by atoms with Crippen LogP contribution in [0.15, 0.2) is 46.9 Å². The first-order chi connectivity index (χ1) is 17.1. The molecule has 2 aliphatic carbocycles. The second-order valence-electron chi connectivity index (χ2n) is 9.86. The second kappa shape index (κ2) is 11.0. The Morgan fingerprint density at radius 2 is 1.77 bits per heavy atom. The molecule has 2 aliphatic rings. The van der Waals surface area contributed by atoms with E-state index in [-0.39, 0.29) is 12.5 Å². The highest BCUT2D eigenvalue weighted by atomic mass is 79.9. The second-order valence-corrected chi connectivity index (χ2v) is 10.8. The van der Waals surface area contributed by atoms with E-state index in [1.165, 1.54) is 37.7 Å². The number of carbonyl (C=O) groups is 1. The van der Waals surface area contributed by atoms with E-state index in [0.717, 1.165) is 69.8 Å². The molecule has 1 amide bonds. The van der Waals surface area contributed by atoms with Crippen LogP contribution in [0.3, 0.4) is 0 Å². The molecule has 5 rings (SSSR count). The summed E-state index contributed by atoms with van der Waals surface area (Å²) in [5.41, 5.74) is 6.96. The van der Waals surface area contributed by atoms with Crippen LogP contribution in [-0.4, -0.2) is 21.0 Å². The van der Waals surface area contributed by atoms with Crippen molar-refractivity contribution in [3.05, 3.63) is 75.0 Å². The topological polar surface area (TPSA) is 75.1 Å². The summed E-state index contributed by atoms with van der Waals surface area (Å²) in [5, 5.41) is 12.6. The fourth-order valence-corrected chi connectivity index (χ4v) is 5.65. The SMILES string of the molecule is O=C(Cc1ccc(Br)cc1)Nc1nc2c(nc1CCC1CCCCC1)-c1ccc(CO)cc1CC2. The molecule has 0 radical (unpaired) electrons. The molecule has 1 fully saturated rings. The van der Waals surface area contributed by atoms with Crippen molar-refractivity contribution in [3.63, 3.8) is 0 Å². The van der Waals surface area contributed by atoms with E-state index in [9.17, 15) is 9.90 Å². The molecule has 6 heteroatoms. The number of aryl methyl sites for hydroxylation is 3. The van der Waals surface area contributed by atoms with Gasteiger partial charge in [-0.1, -0.05) is 78.4 Å². The van der Waals surface area contributed by atoms with Crippen LogP contribution >= 0.6 is 15.9 Å². The number of halogens is 1. The number of anilines is 1. The third-order valence-corrected chi connectivity index (χ3v) is 7.86. The van der Waals surface area contributed by atoms with Gasteiger partial charge in [0.25, 0.3) is 0 Å². The van der Waals surface area contributed by atoms with Crippen molar-refractivity contribution in [1.29, 1.82) is 0 Å². The van der Waals surface area contributed by atoms with Crippen molar-refractivity contribution in [3.8, 4) is 11.3 Å². The maximum Gasteiger partial charge on any atom is 0.229 e. The molecule has 1 saturated carbocycles. The Morgan fingerprint density at radius 3 is 2.54 bits per heavy atom. The van der Waals surface area contributed by atoms with Crippen LogP contribution in [0.25, 0.3) is 11.3 Å². The van der Waals surface area contributed by atoms with Gasteiger partial charge in [0.15, 0.2) is 5.82 Å². The first kappa shape index (κ1) is 24.1. The summed E-state index contributed by atoms with van der Waals surface area (Å²) >= 11 is 3.45. The summed E-state index contributed by atoms with van der Waals surface area (Å²) < 4.78 is 0.999. The van der Waals surface area contributed by atoms with Gasteiger partial charge in [-0.2, -0.15) is 0 Å². The first-order valence-corrected chi connectivity index (χ1v) is 13.6.